The third-order valence-electron chi connectivity index (χ3n) is 4.20. The molecule has 4 aromatic rings. The third-order valence-corrected chi connectivity index (χ3v) is 6.33. The summed E-state index contributed by atoms with van der Waals surface area (Å²) in [5, 5.41) is 6.88. The lowest BCUT2D eigenvalue weighted by Crippen LogP contribution is -2.23. The Morgan fingerprint density at radius 2 is 2.13 bits per heavy atom. The van der Waals surface area contributed by atoms with E-state index in [4.69, 9.17) is 4.52 Å². The maximum Gasteiger partial charge on any atom is 0.272 e. The first kappa shape index (κ1) is 20.1. The molecule has 0 radical (unpaired) electrons. The molecule has 3 heterocycles. The van der Waals surface area contributed by atoms with Gasteiger partial charge in [-0.1, -0.05) is 53.3 Å². The zero-order chi connectivity index (χ0) is 21.1. The number of aromatic nitrogens is 3. The number of thioether (sulfide) groups is 1. The van der Waals surface area contributed by atoms with Crippen molar-refractivity contribution in [3.05, 3.63) is 71.2 Å². The van der Waals surface area contributed by atoms with Gasteiger partial charge in [0.1, 0.15) is 10.5 Å². The number of rotatable bonds is 7. The number of nitrogens with zero attached hydrogens (tertiary/aromatic N) is 3. The van der Waals surface area contributed by atoms with Gasteiger partial charge in [0.25, 0.3) is 5.56 Å². The van der Waals surface area contributed by atoms with Gasteiger partial charge in [-0.25, -0.2) is 4.98 Å². The zero-order valence-electron chi connectivity index (χ0n) is 16.1. The summed E-state index contributed by atoms with van der Waals surface area (Å²) in [5.74, 6) is 0.784. The van der Waals surface area contributed by atoms with E-state index in [2.05, 4.69) is 22.0 Å². The minimum atomic E-state index is -0.261. The second-order valence-electron chi connectivity index (χ2n) is 6.45. The molecule has 0 atom stereocenters. The van der Waals surface area contributed by atoms with Gasteiger partial charge in [0.15, 0.2) is 11.0 Å². The molecule has 30 heavy (non-hydrogen) atoms. The third kappa shape index (κ3) is 4.22. The van der Waals surface area contributed by atoms with E-state index < -0.39 is 0 Å². The van der Waals surface area contributed by atoms with Crippen molar-refractivity contribution in [2.75, 3.05) is 11.1 Å². The van der Waals surface area contributed by atoms with Crippen LogP contribution in [0.5, 0.6) is 0 Å². The van der Waals surface area contributed by atoms with Crippen molar-refractivity contribution >= 4 is 45.0 Å². The van der Waals surface area contributed by atoms with E-state index in [1.165, 1.54) is 23.1 Å². The topological polar surface area (TPSA) is 90.0 Å². The number of thiophene rings is 1. The standard InChI is InChI=1S/C21H18N4O3S2/c1-3-9-25-20(27)19-15(11-16(30-19)14-7-5-4-6-8-14)22-21(25)29-12-18(26)23-17-10-13(2)28-24-17/h3-8,10-11H,1,9,12H2,2H3,(H,23,24,26). The maximum atomic E-state index is 13.1. The number of aryl methyl sites for hydroxylation is 1. The Bertz CT molecular complexity index is 1270. The van der Waals surface area contributed by atoms with Gasteiger partial charge in [-0.15, -0.1) is 17.9 Å². The van der Waals surface area contributed by atoms with Crippen LogP contribution in [0.2, 0.25) is 0 Å². The van der Waals surface area contributed by atoms with Crippen LogP contribution in [-0.2, 0) is 11.3 Å². The molecule has 0 spiro atoms. The SMILES string of the molecule is C=CCn1c(SCC(=O)Nc2cc(C)on2)nc2cc(-c3ccccc3)sc2c1=O. The number of hydrogen-bond donors (Lipinski definition) is 1. The second-order valence-corrected chi connectivity index (χ2v) is 8.44. The van der Waals surface area contributed by atoms with E-state index in [1.54, 1.807) is 23.6 Å². The molecule has 3 aromatic heterocycles. The molecule has 4 rings (SSSR count). The Balaban J connectivity index is 1.62. The minimum Gasteiger partial charge on any atom is -0.360 e. The van der Waals surface area contributed by atoms with Crippen molar-refractivity contribution in [3.8, 4) is 10.4 Å². The average Bonchev–Trinajstić information content (AvgIpc) is 3.36. The normalized spacial score (nSPS) is 11.0. The highest BCUT2D eigenvalue weighted by atomic mass is 32.2. The first-order valence-corrected chi connectivity index (χ1v) is 10.9. The van der Waals surface area contributed by atoms with Crippen LogP contribution in [0.25, 0.3) is 20.7 Å². The quantitative estimate of drug-likeness (QED) is 0.262. The summed E-state index contributed by atoms with van der Waals surface area (Å²) < 4.78 is 7.07. The van der Waals surface area contributed by atoms with Crippen molar-refractivity contribution in [1.82, 2.24) is 14.7 Å². The lowest BCUT2D eigenvalue weighted by molar-refractivity contribution is -0.113. The monoisotopic (exact) mass is 438 g/mol. The van der Waals surface area contributed by atoms with Gasteiger partial charge in [0.2, 0.25) is 5.91 Å². The molecular weight excluding hydrogens is 420 g/mol. The molecule has 0 aliphatic rings. The highest BCUT2D eigenvalue weighted by Crippen LogP contribution is 2.32. The second kappa shape index (κ2) is 8.68. The molecule has 9 heteroatoms. The molecule has 0 bridgehead atoms. The van der Waals surface area contributed by atoms with Crippen LogP contribution >= 0.6 is 23.1 Å². The first-order valence-electron chi connectivity index (χ1n) is 9.12. The summed E-state index contributed by atoms with van der Waals surface area (Å²) in [6, 6.07) is 13.4. The van der Waals surface area contributed by atoms with Gasteiger partial charge in [0, 0.05) is 17.5 Å². The predicted octanol–water partition coefficient (Wildman–Crippen LogP) is 4.34. The summed E-state index contributed by atoms with van der Waals surface area (Å²) in [4.78, 5) is 31.0. The van der Waals surface area contributed by atoms with Crippen LogP contribution in [0, 0.1) is 6.92 Å². The molecule has 1 aromatic carbocycles. The lowest BCUT2D eigenvalue weighted by atomic mass is 10.2. The molecule has 7 nitrogen and oxygen atoms in total. The Labute approximate surface area is 180 Å². The van der Waals surface area contributed by atoms with E-state index >= 15 is 0 Å². The van der Waals surface area contributed by atoms with Gasteiger partial charge >= 0.3 is 0 Å². The van der Waals surface area contributed by atoms with Crippen LogP contribution < -0.4 is 10.9 Å². The van der Waals surface area contributed by atoms with E-state index in [9.17, 15) is 9.59 Å². The molecule has 0 fully saturated rings. The van der Waals surface area contributed by atoms with E-state index in [0.29, 0.717) is 33.5 Å². The van der Waals surface area contributed by atoms with Crippen molar-refractivity contribution in [1.29, 1.82) is 0 Å². The summed E-state index contributed by atoms with van der Waals surface area (Å²) in [7, 11) is 0. The Kier molecular flexibility index (Phi) is 5.82. The lowest BCUT2D eigenvalue weighted by Gasteiger charge is -2.09. The van der Waals surface area contributed by atoms with Crippen LogP contribution in [0.1, 0.15) is 5.76 Å². The number of benzene rings is 1. The van der Waals surface area contributed by atoms with Crippen molar-refractivity contribution < 1.29 is 9.32 Å². The number of carbonyl (C=O) groups is 1. The molecule has 1 amide bonds. The molecule has 0 saturated carbocycles. The largest absolute Gasteiger partial charge is 0.360 e. The predicted molar refractivity (Wildman–Crippen MR) is 120 cm³/mol. The minimum absolute atomic E-state index is 0.0800. The van der Waals surface area contributed by atoms with E-state index in [-0.39, 0.29) is 17.2 Å². The fourth-order valence-corrected chi connectivity index (χ4v) is 4.73. The number of amides is 1. The molecule has 0 aliphatic carbocycles. The zero-order valence-corrected chi connectivity index (χ0v) is 17.8. The Morgan fingerprint density at radius 3 is 2.83 bits per heavy atom. The fraction of sp³-hybridized carbons (Fsp3) is 0.143. The number of carbonyl (C=O) groups excluding carboxylic acids is 1. The van der Waals surface area contributed by atoms with Gasteiger partial charge < -0.3 is 9.84 Å². The fourth-order valence-electron chi connectivity index (χ4n) is 2.87. The van der Waals surface area contributed by atoms with E-state index in [1.807, 2.05) is 36.4 Å². The van der Waals surface area contributed by atoms with E-state index in [0.717, 1.165) is 10.4 Å². The number of nitrogens with one attached hydrogen (secondary N) is 1. The van der Waals surface area contributed by atoms with Crippen LogP contribution in [0.4, 0.5) is 5.82 Å². The molecule has 0 unspecified atom stereocenters. The van der Waals surface area contributed by atoms with Crippen molar-refractivity contribution in [2.24, 2.45) is 0 Å². The summed E-state index contributed by atoms with van der Waals surface area (Å²) in [5.41, 5.74) is 1.52. The van der Waals surface area contributed by atoms with Gasteiger partial charge in [0.05, 0.1) is 11.3 Å². The molecular formula is C21H18N4O3S2. The Hall–Kier alpha value is -3.17. The number of fused-ring (bicyclic) bond motifs is 1. The highest BCUT2D eigenvalue weighted by Gasteiger charge is 2.16. The number of allylic oxidation sites excluding steroid dienone is 1. The van der Waals surface area contributed by atoms with Gasteiger partial charge in [-0.3, -0.25) is 14.2 Å². The average molecular weight is 439 g/mol. The van der Waals surface area contributed by atoms with Crippen LogP contribution in [0.3, 0.4) is 0 Å². The summed E-state index contributed by atoms with van der Waals surface area (Å²) in [6.45, 7) is 5.79. The molecule has 1 N–H and O–H groups in total. The van der Waals surface area contributed by atoms with Crippen molar-refractivity contribution in [2.45, 2.75) is 18.6 Å². The van der Waals surface area contributed by atoms with Gasteiger partial charge in [-0.2, -0.15) is 0 Å². The molecule has 0 saturated heterocycles. The maximum absolute atomic E-state index is 13.1. The number of hydrogen-bond acceptors (Lipinski definition) is 7. The molecule has 0 aliphatic heterocycles. The molecule has 152 valence electrons. The number of anilines is 1. The van der Waals surface area contributed by atoms with Crippen molar-refractivity contribution in [3.63, 3.8) is 0 Å². The first-order chi connectivity index (χ1) is 14.5. The smallest absolute Gasteiger partial charge is 0.272 e. The summed E-state index contributed by atoms with van der Waals surface area (Å²) in [6.07, 6.45) is 1.64. The van der Waals surface area contributed by atoms with Crippen LogP contribution in [0.15, 0.2) is 69.6 Å². The Morgan fingerprint density at radius 1 is 1.33 bits per heavy atom. The summed E-state index contributed by atoms with van der Waals surface area (Å²) >= 11 is 2.61. The van der Waals surface area contributed by atoms with Gasteiger partial charge in [-0.05, 0) is 18.6 Å². The van der Waals surface area contributed by atoms with Crippen LogP contribution in [-0.4, -0.2) is 26.4 Å². The highest BCUT2D eigenvalue weighted by molar-refractivity contribution is 7.99.